The molecular formula is C47H38IrN2-2. The van der Waals surface area contributed by atoms with E-state index in [9.17, 15) is 0 Å². The first-order valence-corrected chi connectivity index (χ1v) is 17.0. The topological polar surface area (TPSA) is 25.8 Å². The summed E-state index contributed by atoms with van der Waals surface area (Å²) in [5, 5.41) is 0. The van der Waals surface area contributed by atoms with E-state index in [0.29, 0.717) is 0 Å². The summed E-state index contributed by atoms with van der Waals surface area (Å²) >= 11 is 0. The molecule has 7 aromatic rings. The van der Waals surface area contributed by atoms with Crippen molar-refractivity contribution in [2.45, 2.75) is 45.4 Å². The number of aryl methyl sites for hydroxylation is 1. The second kappa shape index (κ2) is 13.1. The van der Waals surface area contributed by atoms with Crippen molar-refractivity contribution in [3.63, 3.8) is 0 Å². The van der Waals surface area contributed by atoms with Crippen LogP contribution < -0.4 is 0 Å². The van der Waals surface area contributed by atoms with Crippen LogP contribution in [0.25, 0.3) is 55.9 Å². The Bertz CT molecular complexity index is 2320. The first-order valence-electron chi connectivity index (χ1n) is 17.0. The summed E-state index contributed by atoms with van der Waals surface area (Å²) in [6.07, 6.45) is 3.81. The van der Waals surface area contributed by atoms with E-state index in [1.165, 1.54) is 61.2 Å². The van der Waals surface area contributed by atoms with E-state index in [1.807, 2.05) is 67.8 Å². The molecule has 0 fully saturated rings. The van der Waals surface area contributed by atoms with Gasteiger partial charge in [-0.15, -0.1) is 71.8 Å². The van der Waals surface area contributed by atoms with Gasteiger partial charge in [0, 0.05) is 43.3 Å². The molecule has 50 heavy (non-hydrogen) atoms. The number of hydrogen-bond acceptors (Lipinski definition) is 2. The quantitative estimate of drug-likeness (QED) is 0.166. The van der Waals surface area contributed by atoms with Gasteiger partial charge in [0.2, 0.25) is 0 Å². The summed E-state index contributed by atoms with van der Waals surface area (Å²) in [5.41, 5.74) is 18.7. The summed E-state index contributed by atoms with van der Waals surface area (Å²) in [5.74, 6) is 0. The summed E-state index contributed by atoms with van der Waals surface area (Å²) in [4.78, 5) is 9.02. The van der Waals surface area contributed by atoms with E-state index < -0.39 is 0 Å². The first-order chi connectivity index (χ1) is 23.7. The minimum absolute atomic E-state index is 0. The molecule has 2 nitrogen and oxygen atoms in total. The molecule has 2 heterocycles. The zero-order valence-electron chi connectivity index (χ0n) is 29.0. The maximum atomic E-state index is 4.70. The summed E-state index contributed by atoms with van der Waals surface area (Å²) in [6.45, 7) is 11.6. The Balaban J connectivity index is 0.000000236. The Kier molecular flexibility index (Phi) is 8.76. The van der Waals surface area contributed by atoms with Crippen LogP contribution in [0.2, 0.25) is 0 Å². The fourth-order valence-corrected chi connectivity index (χ4v) is 7.95. The summed E-state index contributed by atoms with van der Waals surface area (Å²) in [6, 6.07) is 51.3. The molecule has 0 amide bonds. The average molecular weight is 823 g/mol. The van der Waals surface area contributed by atoms with Gasteiger partial charge in [-0.1, -0.05) is 94.4 Å². The molecule has 3 heteroatoms. The van der Waals surface area contributed by atoms with Gasteiger partial charge >= 0.3 is 0 Å². The van der Waals surface area contributed by atoms with Gasteiger partial charge in [-0.3, -0.25) is 0 Å². The smallest absolute Gasteiger partial charge is 0.0190 e. The van der Waals surface area contributed by atoms with Crippen molar-refractivity contribution in [2.75, 3.05) is 0 Å². The molecule has 0 bridgehead atoms. The predicted octanol–water partition coefficient (Wildman–Crippen LogP) is 11.7. The maximum Gasteiger partial charge on any atom is 0.0190 e. The molecule has 2 aliphatic rings. The zero-order valence-corrected chi connectivity index (χ0v) is 31.4. The molecule has 2 aromatic heterocycles. The Hall–Kier alpha value is -4.95. The third-order valence-electron chi connectivity index (χ3n) is 10.3. The molecule has 0 aliphatic heterocycles. The number of fused-ring (bicyclic) bond motifs is 7. The van der Waals surface area contributed by atoms with E-state index in [2.05, 4.69) is 124 Å². The Morgan fingerprint density at radius 2 is 1.10 bits per heavy atom. The van der Waals surface area contributed by atoms with Crippen molar-refractivity contribution >= 4 is 0 Å². The number of benzene rings is 5. The largest absolute Gasteiger partial charge is 0.305 e. The zero-order chi connectivity index (χ0) is 33.8. The number of hydrogen-bond donors (Lipinski definition) is 0. The summed E-state index contributed by atoms with van der Waals surface area (Å²) < 4.78 is 0. The van der Waals surface area contributed by atoms with E-state index in [1.54, 1.807) is 0 Å². The van der Waals surface area contributed by atoms with Crippen LogP contribution in [0.15, 0.2) is 140 Å². The van der Waals surface area contributed by atoms with Crippen LogP contribution in [0.3, 0.4) is 0 Å². The van der Waals surface area contributed by atoms with Gasteiger partial charge in [-0.2, -0.15) is 0 Å². The maximum absolute atomic E-state index is 4.70. The van der Waals surface area contributed by atoms with Crippen LogP contribution in [-0.2, 0) is 30.9 Å². The van der Waals surface area contributed by atoms with Gasteiger partial charge in [-0.05, 0) is 91.6 Å². The third-order valence-corrected chi connectivity index (χ3v) is 10.3. The Labute approximate surface area is 309 Å². The van der Waals surface area contributed by atoms with E-state index >= 15 is 0 Å². The molecule has 0 spiro atoms. The van der Waals surface area contributed by atoms with Crippen LogP contribution in [-0.4, -0.2) is 9.97 Å². The molecule has 0 saturated heterocycles. The molecule has 5 aromatic carbocycles. The monoisotopic (exact) mass is 823 g/mol. The Morgan fingerprint density at radius 3 is 1.72 bits per heavy atom. The molecule has 2 aliphatic carbocycles. The molecule has 0 N–H and O–H groups in total. The predicted molar refractivity (Wildman–Crippen MR) is 202 cm³/mol. The van der Waals surface area contributed by atoms with Crippen molar-refractivity contribution < 1.29 is 20.1 Å². The van der Waals surface area contributed by atoms with Gasteiger partial charge in [0.05, 0.1) is 0 Å². The number of nitrogens with zero attached hydrogens (tertiary/aromatic N) is 2. The number of pyridine rings is 2. The summed E-state index contributed by atoms with van der Waals surface area (Å²) in [7, 11) is 0. The normalized spacial score (nSPS) is 13.9. The minimum Gasteiger partial charge on any atom is -0.305 e. The van der Waals surface area contributed by atoms with Crippen LogP contribution in [0.5, 0.6) is 0 Å². The SMILES string of the molecule is CC1(C)c2ccccc2-c2c1c(-c1ccnc(-c3[c-]cccc3)c1)cc1c2C(C)(C)c2ccccc2-1.Cc1ccc(-c2[c-]cccc2)nc1.[Ir]. The third kappa shape index (κ3) is 5.56. The Morgan fingerprint density at radius 1 is 0.520 bits per heavy atom. The molecule has 1 radical (unpaired) electrons. The van der Waals surface area contributed by atoms with Crippen molar-refractivity contribution in [3.8, 4) is 55.9 Å². The van der Waals surface area contributed by atoms with Crippen molar-refractivity contribution in [1.29, 1.82) is 0 Å². The number of aromatic nitrogens is 2. The second-order valence-electron chi connectivity index (χ2n) is 14.1. The van der Waals surface area contributed by atoms with Gasteiger partial charge < -0.3 is 9.97 Å². The first kappa shape index (κ1) is 33.5. The van der Waals surface area contributed by atoms with Gasteiger partial charge in [0.25, 0.3) is 0 Å². The van der Waals surface area contributed by atoms with E-state index in [0.717, 1.165) is 22.5 Å². The molecule has 9 rings (SSSR count). The van der Waals surface area contributed by atoms with Gasteiger partial charge in [-0.25, -0.2) is 0 Å². The van der Waals surface area contributed by atoms with Crippen molar-refractivity contribution in [1.82, 2.24) is 9.97 Å². The molecule has 0 saturated carbocycles. The van der Waals surface area contributed by atoms with E-state index in [-0.39, 0.29) is 30.9 Å². The van der Waals surface area contributed by atoms with E-state index in [4.69, 9.17) is 4.98 Å². The van der Waals surface area contributed by atoms with Crippen molar-refractivity contribution in [2.24, 2.45) is 0 Å². The van der Waals surface area contributed by atoms with Gasteiger partial charge in [0.15, 0.2) is 0 Å². The molecule has 247 valence electrons. The average Bonchev–Trinajstić information content (AvgIpc) is 3.52. The number of rotatable bonds is 3. The van der Waals surface area contributed by atoms with Crippen LogP contribution in [0.4, 0.5) is 0 Å². The van der Waals surface area contributed by atoms with Crippen LogP contribution in [0.1, 0.15) is 55.5 Å². The van der Waals surface area contributed by atoms with Crippen LogP contribution in [0, 0.1) is 19.1 Å². The van der Waals surface area contributed by atoms with Crippen LogP contribution >= 0.6 is 0 Å². The molecular weight excluding hydrogens is 785 g/mol. The fourth-order valence-electron chi connectivity index (χ4n) is 7.95. The van der Waals surface area contributed by atoms with Gasteiger partial charge in [0.1, 0.15) is 0 Å². The minimum atomic E-state index is -0.108. The second-order valence-corrected chi connectivity index (χ2v) is 14.1. The molecule has 0 unspecified atom stereocenters. The molecule has 0 atom stereocenters. The van der Waals surface area contributed by atoms with Crippen molar-refractivity contribution in [3.05, 3.63) is 180 Å². The standard InChI is InChI=1S/C35H28N.C12H10N.Ir/c1-34(2)28-16-10-8-14-24(28)27-21-26(23-18-19-36-30(20-23)22-12-6-5-7-13-22)32-31(33(27)34)25-15-9-11-17-29(25)35(32,3)4;1-10-7-8-12(13-9-10)11-5-3-2-4-6-11;/h5-12,14-21H,1-4H3;2-5,7-9H,1H3;/q2*-1;. The fraction of sp³-hybridized carbons (Fsp3) is 0.149.